The summed E-state index contributed by atoms with van der Waals surface area (Å²) in [5.41, 5.74) is 1.41. The molecule has 0 aliphatic rings. The predicted octanol–water partition coefficient (Wildman–Crippen LogP) is 2.05. The number of benzene rings is 1. The first-order valence-corrected chi connectivity index (χ1v) is 7.99. The van der Waals surface area contributed by atoms with Crippen LogP contribution in [0.15, 0.2) is 35.4 Å². The van der Waals surface area contributed by atoms with Crippen molar-refractivity contribution in [3.05, 3.63) is 47.5 Å². The molecule has 0 saturated carbocycles. The summed E-state index contributed by atoms with van der Waals surface area (Å²) < 4.78 is 38.3. The number of hydrogen-bond acceptors (Lipinski definition) is 4. The number of sulfone groups is 1. The van der Waals surface area contributed by atoms with Gasteiger partial charge < -0.3 is 9.88 Å². The van der Waals surface area contributed by atoms with Crippen LogP contribution in [0.5, 0.6) is 0 Å². The number of aromatic nitrogens is 1. The van der Waals surface area contributed by atoms with Gasteiger partial charge in [0.25, 0.3) is 0 Å². The van der Waals surface area contributed by atoms with Crippen molar-refractivity contribution in [2.45, 2.75) is 11.4 Å². The molecule has 2 rings (SSSR count). The third kappa shape index (κ3) is 3.41. The van der Waals surface area contributed by atoms with Crippen molar-refractivity contribution in [3.8, 4) is 6.07 Å². The van der Waals surface area contributed by atoms with E-state index in [2.05, 4.69) is 5.32 Å². The molecule has 0 atom stereocenters. The molecular formula is C14H14FN3O2S. The third-order valence-electron chi connectivity index (χ3n) is 3.03. The number of rotatable bonds is 4. The zero-order valence-electron chi connectivity index (χ0n) is 11.6. The smallest absolute Gasteiger partial charge is 0.175 e. The zero-order valence-corrected chi connectivity index (χ0v) is 12.4. The third-order valence-corrected chi connectivity index (χ3v) is 4.14. The lowest BCUT2D eigenvalue weighted by Gasteiger charge is -2.08. The molecule has 0 aliphatic carbocycles. The quantitative estimate of drug-likeness (QED) is 0.877. The fraction of sp³-hybridized carbons (Fsp3) is 0.214. The first-order valence-electron chi connectivity index (χ1n) is 6.10. The lowest BCUT2D eigenvalue weighted by molar-refractivity contribution is 0.600. The van der Waals surface area contributed by atoms with Crippen LogP contribution in [-0.4, -0.2) is 19.2 Å². The number of nitrogens with zero attached hydrogens (tertiary/aromatic N) is 2. The summed E-state index contributed by atoms with van der Waals surface area (Å²) in [6.45, 7) is 0.291. The Hall–Kier alpha value is -2.33. The Morgan fingerprint density at radius 2 is 2.10 bits per heavy atom. The standard InChI is InChI=1S/C14H14FN3O2S/c1-18-9-10(5-11(18)7-16)8-17-14-6-12(21(2,19)20)3-4-13(14)15/h3-6,9,17H,8H2,1-2H3. The second kappa shape index (κ2) is 5.58. The normalized spacial score (nSPS) is 11.1. The molecule has 1 aromatic carbocycles. The van der Waals surface area contributed by atoms with Gasteiger partial charge in [0.15, 0.2) is 9.84 Å². The van der Waals surface area contributed by atoms with Gasteiger partial charge in [-0.3, -0.25) is 0 Å². The Labute approximate surface area is 122 Å². The molecule has 110 valence electrons. The van der Waals surface area contributed by atoms with Gasteiger partial charge in [-0.1, -0.05) is 0 Å². The average Bonchev–Trinajstić information content (AvgIpc) is 2.77. The highest BCUT2D eigenvalue weighted by molar-refractivity contribution is 7.90. The summed E-state index contributed by atoms with van der Waals surface area (Å²) in [6, 6.07) is 7.33. The maximum Gasteiger partial charge on any atom is 0.175 e. The molecule has 1 aromatic heterocycles. The fourth-order valence-electron chi connectivity index (χ4n) is 1.91. The van der Waals surface area contributed by atoms with Gasteiger partial charge in [0, 0.05) is 26.0 Å². The monoisotopic (exact) mass is 307 g/mol. The molecule has 0 radical (unpaired) electrons. The Balaban J connectivity index is 2.21. The van der Waals surface area contributed by atoms with Crippen LogP contribution in [0.4, 0.5) is 10.1 Å². The van der Waals surface area contributed by atoms with Crippen LogP contribution < -0.4 is 5.32 Å². The van der Waals surface area contributed by atoms with Crippen LogP contribution in [0.25, 0.3) is 0 Å². The number of hydrogen-bond donors (Lipinski definition) is 1. The van der Waals surface area contributed by atoms with E-state index in [1.165, 1.54) is 12.1 Å². The van der Waals surface area contributed by atoms with Gasteiger partial charge in [-0.2, -0.15) is 5.26 Å². The topological polar surface area (TPSA) is 74.9 Å². The molecule has 0 unspecified atom stereocenters. The van der Waals surface area contributed by atoms with E-state index in [4.69, 9.17) is 5.26 Å². The van der Waals surface area contributed by atoms with E-state index in [9.17, 15) is 12.8 Å². The van der Waals surface area contributed by atoms with E-state index < -0.39 is 15.7 Å². The Morgan fingerprint density at radius 1 is 1.38 bits per heavy atom. The highest BCUT2D eigenvalue weighted by Gasteiger charge is 2.11. The van der Waals surface area contributed by atoms with Crippen molar-refractivity contribution in [1.82, 2.24) is 4.57 Å². The molecule has 0 fully saturated rings. The molecule has 0 bridgehead atoms. The van der Waals surface area contributed by atoms with Gasteiger partial charge in [-0.25, -0.2) is 12.8 Å². The van der Waals surface area contributed by atoms with E-state index >= 15 is 0 Å². The van der Waals surface area contributed by atoms with Crippen molar-refractivity contribution in [2.24, 2.45) is 7.05 Å². The molecule has 0 saturated heterocycles. The van der Waals surface area contributed by atoms with Gasteiger partial charge in [-0.05, 0) is 29.8 Å². The van der Waals surface area contributed by atoms with E-state index in [0.717, 1.165) is 17.9 Å². The number of aryl methyl sites for hydroxylation is 1. The van der Waals surface area contributed by atoms with Gasteiger partial charge >= 0.3 is 0 Å². The van der Waals surface area contributed by atoms with Gasteiger partial charge in [0.1, 0.15) is 17.6 Å². The molecule has 21 heavy (non-hydrogen) atoms. The molecule has 1 N–H and O–H groups in total. The molecule has 0 aliphatic heterocycles. The van der Waals surface area contributed by atoms with Crippen LogP contribution in [0, 0.1) is 17.1 Å². The molecular weight excluding hydrogens is 293 g/mol. The Morgan fingerprint density at radius 3 is 2.67 bits per heavy atom. The summed E-state index contributed by atoms with van der Waals surface area (Å²) in [6.07, 6.45) is 2.82. The minimum absolute atomic E-state index is 0.0529. The van der Waals surface area contributed by atoms with Crippen molar-refractivity contribution in [2.75, 3.05) is 11.6 Å². The number of anilines is 1. The first kappa shape index (κ1) is 15.1. The number of nitriles is 1. The second-order valence-corrected chi connectivity index (χ2v) is 6.74. The van der Waals surface area contributed by atoms with E-state index in [-0.39, 0.29) is 10.6 Å². The maximum absolute atomic E-state index is 13.7. The van der Waals surface area contributed by atoms with Crippen molar-refractivity contribution in [3.63, 3.8) is 0 Å². The zero-order chi connectivity index (χ0) is 15.6. The number of nitrogens with one attached hydrogen (secondary N) is 1. The predicted molar refractivity (Wildman–Crippen MR) is 77.0 cm³/mol. The first-order chi connectivity index (χ1) is 9.81. The summed E-state index contributed by atoms with van der Waals surface area (Å²) in [5.74, 6) is -0.529. The summed E-state index contributed by atoms with van der Waals surface area (Å²) >= 11 is 0. The molecule has 0 spiro atoms. The molecule has 5 nitrogen and oxygen atoms in total. The lowest BCUT2D eigenvalue weighted by atomic mass is 10.2. The highest BCUT2D eigenvalue weighted by atomic mass is 32.2. The van der Waals surface area contributed by atoms with Crippen LogP contribution in [0.2, 0.25) is 0 Å². The van der Waals surface area contributed by atoms with Gasteiger partial charge in [-0.15, -0.1) is 0 Å². The fourth-order valence-corrected chi connectivity index (χ4v) is 2.56. The molecule has 2 aromatic rings. The minimum Gasteiger partial charge on any atom is -0.379 e. The number of halogens is 1. The van der Waals surface area contributed by atoms with Crippen LogP contribution >= 0.6 is 0 Å². The van der Waals surface area contributed by atoms with Gasteiger partial charge in [0.2, 0.25) is 0 Å². The van der Waals surface area contributed by atoms with Crippen LogP contribution in [0.3, 0.4) is 0 Å². The van der Waals surface area contributed by atoms with E-state index in [1.807, 2.05) is 6.07 Å². The van der Waals surface area contributed by atoms with E-state index in [1.54, 1.807) is 23.9 Å². The highest BCUT2D eigenvalue weighted by Crippen LogP contribution is 2.20. The average molecular weight is 307 g/mol. The summed E-state index contributed by atoms with van der Waals surface area (Å²) in [4.78, 5) is 0.0529. The Kier molecular flexibility index (Phi) is 4.00. The van der Waals surface area contributed by atoms with Crippen LogP contribution in [0.1, 0.15) is 11.3 Å². The SMILES string of the molecule is Cn1cc(CNc2cc(S(C)(=O)=O)ccc2F)cc1C#N. The lowest BCUT2D eigenvalue weighted by Crippen LogP contribution is -2.04. The molecule has 0 amide bonds. The van der Waals surface area contributed by atoms with Crippen molar-refractivity contribution < 1.29 is 12.8 Å². The molecule has 7 heteroatoms. The second-order valence-electron chi connectivity index (χ2n) is 4.72. The maximum atomic E-state index is 13.7. The molecule has 1 heterocycles. The summed E-state index contributed by atoms with van der Waals surface area (Å²) in [7, 11) is -1.64. The summed E-state index contributed by atoms with van der Waals surface area (Å²) in [5, 5.41) is 11.7. The Bertz CT molecular complexity index is 819. The van der Waals surface area contributed by atoms with Crippen molar-refractivity contribution >= 4 is 15.5 Å². The van der Waals surface area contributed by atoms with E-state index in [0.29, 0.717) is 12.2 Å². The minimum atomic E-state index is -3.39. The van der Waals surface area contributed by atoms with Gasteiger partial charge in [0.05, 0.1) is 10.6 Å². The largest absolute Gasteiger partial charge is 0.379 e. The van der Waals surface area contributed by atoms with Crippen molar-refractivity contribution in [1.29, 1.82) is 5.26 Å². The van der Waals surface area contributed by atoms with Crippen LogP contribution in [-0.2, 0) is 23.4 Å².